The Morgan fingerprint density at radius 1 is 1.10 bits per heavy atom. The molecule has 3 aliphatic rings. The Hall–Kier alpha value is -2.74. The van der Waals surface area contributed by atoms with Crippen LogP contribution in [-0.4, -0.2) is 51.3 Å². The Morgan fingerprint density at radius 3 is 2.23 bits per heavy atom. The molecular weight excluding hydrogens is 392 g/mol. The largest absolute Gasteiger partial charge is 0.507 e. The Labute approximate surface area is 173 Å². The number of Topliss-reactive ketones (excluding diaryl/α,β-unsaturated/α-hetero) is 3. The molecule has 0 aromatic rings. The highest BCUT2D eigenvalue weighted by molar-refractivity contribution is 6.52. The first-order chi connectivity index (χ1) is 13.8. The number of hydrogen-bond donors (Lipinski definition) is 3. The average molecular weight is 418 g/mol. The second-order valence-electron chi connectivity index (χ2n) is 9.00. The minimum atomic E-state index is -1.21. The minimum absolute atomic E-state index is 0.147. The van der Waals surface area contributed by atoms with Crippen LogP contribution < -0.4 is 0 Å². The maximum atomic E-state index is 13.1. The SMILES string of the molecule is CC(=O)O[C@@H]1CC[C@]2(C)C3=C(C(=O)C(O)=C2C1(C)C)C(O)=C(C(C)CO)C(=O)C3=O. The van der Waals surface area contributed by atoms with Gasteiger partial charge in [0.15, 0.2) is 5.76 Å². The summed E-state index contributed by atoms with van der Waals surface area (Å²) < 4.78 is 5.40. The third kappa shape index (κ3) is 2.77. The van der Waals surface area contributed by atoms with Crippen LogP contribution in [0.15, 0.2) is 33.8 Å². The fourth-order valence-electron chi connectivity index (χ4n) is 5.24. The number of fused-ring (bicyclic) bond motifs is 2. The zero-order valence-electron chi connectivity index (χ0n) is 17.7. The van der Waals surface area contributed by atoms with Gasteiger partial charge in [0, 0.05) is 35.9 Å². The van der Waals surface area contributed by atoms with Crippen LogP contribution in [0.1, 0.15) is 47.5 Å². The number of allylic oxidation sites excluding steroid dienone is 3. The van der Waals surface area contributed by atoms with Crippen molar-refractivity contribution in [2.45, 2.75) is 53.6 Å². The Bertz CT molecular complexity index is 977. The lowest BCUT2D eigenvalue weighted by molar-refractivity contribution is -0.154. The fourth-order valence-corrected chi connectivity index (χ4v) is 5.24. The van der Waals surface area contributed by atoms with Crippen LogP contribution in [0.3, 0.4) is 0 Å². The molecule has 0 amide bonds. The maximum absolute atomic E-state index is 13.1. The van der Waals surface area contributed by atoms with Crippen molar-refractivity contribution in [1.82, 2.24) is 0 Å². The Balaban J connectivity index is 2.28. The summed E-state index contributed by atoms with van der Waals surface area (Å²) in [5.74, 6) is -5.53. The van der Waals surface area contributed by atoms with E-state index in [1.165, 1.54) is 13.8 Å². The van der Waals surface area contributed by atoms with Gasteiger partial charge in [-0.25, -0.2) is 0 Å². The predicted octanol–water partition coefficient (Wildman–Crippen LogP) is 2.03. The van der Waals surface area contributed by atoms with Gasteiger partial charge in [-0.05, 0) is 18.4 Å². The summed E-state index contributed by atoms with van der Waals surface area (Å²) in [5.41, 5.74) is -2.86. The summed E-state index contributed by atoms with van der Waals surface area (Å²) >= 11 is 0. The quantitative estimate of drug-likeness (QED) is 0.359. The molecule has 8 heteroatoms. The second-order valence-corrected chi connectivity index (χ2v) is 9.00. The van der Waals surface area contributed by atoms with Crippen LogP contribution in [0.4, 0.5) is 0 Å². The number of aliphatic hydroxyl groups is 3. The Morgan fingerprint density at radius 2 is 1.70 bits per heavy atom. The van der Waals surface area contributed by atoms with Gasteiger partial charge in [-0.15, -0.1) is 0 Å². The first kappa shape index (κ1) is 22.0. The molecule has 162 valence electrons. The smallest absolute Gasteiger partial charge is 0.302 e. The van der Waals surface area contributed by atoms with Gasteiger partial charge in [0.1, 0.15) is 11.9 Å². The third-order valence-corrected chi connectivity index (χ3v) is 6.63. The lowest BCUT2D eigenvalue weighted by Crippen LogP contribution is -2.52. The summed E-state index contributed by atoms with van der Waals surface area (Å²) in [5, 5.41) is 31.1. The molecule has 3 rings (SSSR count). The van der Waals surface area contributed by atoms with Crippen molar-refractivity contribution in [3.8, 4) is 0 Å². The van der Waals surface area contributed by atoms with Gasteiger partial charge in [0.2, 0.25) is 17.3 Å². The van der Waals surface area contributed by atoms with E-state index in [9.17, 15) is 34.5 Å². The summed E-state index contributed by atoms with van der Waals surface area (Å²) in [4.78, 5) is 50.6. The summed E-state index contributed by atoms with van der Waals surface area (Å²) in [6, 6.07) is 0. The predicted molar refractivity (Wildman–Crippen MR) is 104 cm³/mol. The first-order valence-corrected chi connectivity index (χ1v) is 9.84. The van der Waals surface area contributed by atoms with E-state index in [0.29, 0.717) is 6.42 Å². The molecule has 3 N–H and O–H groups in total. The number of esters is 1. The number of hydrogen-bond acceptors (Lipinski definition) is 8. The maximum Gasteiger partial charge on any atom is 0.302 e. The van der Waals surface area contributed by atoms with E-state index in [-0.39, 0.29) is 28.7 Å². The summed E-state index contributed by atoms with van der Waals surface area (Å²) in [6.07, 6.45) is -0.0908. The van der Waals surface area contributed by atoms with Crippen LogP contribution >= 0.6 is 0 Å². The van der Waals surface area contributed by atoms with Gasteiger partial charge in [0.05, 0.1) is 11.1 Å². The average Bonchev–Trinajstić information content (AvgIpc) is 2.64. The minimum Gasteiger partial charge on any atom is -0.507 e. The molecule has 1 saturated carbocycles. The number of rotatable bonds is 3. The molecule has 3 aliphatic carbocycles. The highest BCUT2D eigenvalue weighted by Gasteiger charge is 2.59. The number of carbonyl (C=O) groups is 4. The van der Waals surface area contributed by atoms with Gasteiger partial charge in [-0.3, -0.25) is 19.2 Å². The summed E-state index contributed by atoms with van der Waals surface area (Å²) in [6.45, 7) is 7.26. The molecule has 0 bridgehead atoms. The monoisotopic (exact) mass is 418 g/mol. The van der Waals surface area contributed by atoms with Crippen molar-refractivity contribution in [3.05, 3.63) is 33.8 Å². The molecule has 8 nitrogen and oxygen atoms in total. The molecule has 0 aromatic carbocycles. The van der Waals surface area contributed by atoms with Gasteiger partial charge < -0.3 is 20.1 Å². The molecule has 0 aromatic heterocycles. The first-order valence-electron chi connectivity index (χ1n) is 9.84. The van der Waals surface area contributed by atoms with Crippen molar-refractivity contribution in [2.75, 3.05) is 6.61 Å². The van der Waals surface area contributed by atoms with Crippen molar-refractivity contribution in [1.29, 1.82) is 0 Å². The lowest BCUT2D eigenvalue weighted by Gasteiger charge is -2.52. The third-order valence-electron chi connectivity index (χ3n) is 6.63. The summed E-state index contributed by atoms with van der Waals surface area (Å²) in [7, 11) is 0. The van der Waals surface area contributed by atoms with Crippen LogP contribution in [0.2, 0.25) is 0 Å². The molecule has 0 heterocycles. The highest BCUT2D eigenvalue weighted by Crippen LogP contribution is 2.60. The second kappa shape index (κ2) is 6.91. The van der Waals surface area contributed by atoms with E-state index in [2.05, 4.69) is 0 Å². The number of ether oxygens (including phenoxy) is 1. The van der Waals surface area contributed by atoms with Crippen LogP contribution in [0, 0.1) is 16.7 Å². The highest BCUT2D eigenvalue weighted by atomic mass is 16.5. The van der Waals surface area contributed by atoms with Crippen LogP contribution in [0.5, 0.6) is 0 Å². The molecular formula is C22H26O8. The van der Waals surface area contributed by atoms with E-state index >= 15 is 0 Å². The van der Waals surface area contributed by atoms with Gasteiger partial charge in [-0.1, -0.05) is 27.7 Å². The normalized spacial score (nSPS) is 29.7. The van der Waals surface area contributed by atoms with Crippen LogP contribution in [-0.2, 0) is 23.9 Å². The Kier molecular flexibility index (Phi) is 5.05. The van der Waals surface area contributed by atoms with Crippen molar-refractivity contribution in [2.24, 2.45) is 16.7 Å². The zero-order chi connectivity index (χ0) is 22.8. The standard InChI is InChI=1S/C22H26O8/c1-9(8-23)12-15(25)13-14(18(28)16(12)26)22(5)7-6-11(30-10(2)24)21(3,4)20(22)19(29)17(13)27/h9,11,23,25,29H,6-8H2,1-5H3/t9?,11-,22-/m1/s1. The van der Waals surface area contributed by atoms with Crippen molar-refractivity contribution >= 4 is 23.3 Å². The zero-order valence-corrected chi connectivity index (χ0v) is 17.7. The molecule has 30 heavy (non-hydrogen) atoms. The van der Waals surface area contributed by atoms with E-state index in [1.807, 2.05) is 0 Å². The number of carbonyl (C=O) groups excluding carboxylic acids is 4. The van der Waals surface area contributed by atoms with Gasteiger partial charge in [0.25, 0.3) is 0 Å². The van der Waals surface area contributed by atoms with E-state index in [0.717, 1.165) is 0 Å². The molecule has 0 radical (unpaired) electrons. The lowest BCUT2D eigenvalue weighted by atomic mass is 9.52. The van der Waals surface area contributed by atoms with Gasteiger partial charge >= 0.3 is 5.97 Å². The number of aliphatic hydroxyl groups excluding tert-OH is 3. The molecule has 0 spiro atoms. The molecule has 0 aliphatic heterocycles. The van der Waals surface area contributed by atoms with E-state index < -0.39 is 64.3 Å². The van der Waals surface area contributed by atoms with Gasteiger partial charge in [-0.2, -0.15) is 0 Å². The van der Waals surface area contributed by atoms with E-state index in [1.54, 1.807) is 20.8 Å². The molecule has 0 saturated heterocycles. The topological polar surface area (TPSA) is 138 Å². The van der Waals surface area contributed by atoms with E-state index in [4.69, 9.17) is 4.74 Å². The number of ketones is 3. The van der Waals surface area contributed by atoms with Crippen molar-refractivity contribution < 1.29 is 39.2 Å². The fraction of sp³-hybridized carbons (Fsp3) is 0.545. The molecule has 1 unspecified atom stereocenters. The van der Waals surface area contributed by atoms with Crippen molar-refractivity contribution in [3.63, 3.8) is 0 Å². The molecule has 3 atom stereocenters. The molecule has 1 fully saturated rings. The van der Waals surface area contributed by atoms with Crippen LogP contribution in [0.25, 0.3) is 0 Å².